The maximum absolute atomic E-state index is 12.2. The van der Waals surface area contributed by atoms with Gasteiger partial charge in [-0.1, -0.05) is 19.9 Å². The summed E-state index contributed by atoms with van der Waals surface area (Å²) >= 11 is 0. The quantitative estimate of drug-likeness (QED) is 0.773. The maximum Gasteiger partial charge on any atom is 0.246 e. The monoisotopic (exact) mass is 380 g/mol. The van der Waals surface area contributed by atoms with Gasteiger partial charge < -0.3 is 15.0 Å². The largest absolute Gasteiger partial charge is 0.388 e. The lowest BCUT2D eigenvalue weighted by Gasteiger charge is -2.59. The number of aliphatic hydroxyl groups excluding tert-OH is 1. The van der Waals surface area contributed by atoms with Gasteiger partial charge in [-0.25, -0.2) is 0 Å². The van der Waals surface area contributed by atoms with Gasteiger partial charge in [0.05, 0.1) is 6.10 Å². The smallest absolute Gasteiger partial charge is 0.246 e. The second-order valence-electron chi connectivity index (χ2n) is 10.1. The molecule has 4 nitrogen and oxygen atoms in total. The molecule has 2 unspecified atom stereocenters. The number of amides is 1. The summed E-state index contributed by atoms with van der Waals surface area (Å²) in [7, 11) is 1.97. The molecule has 0 radical (unpaired) electrons. The second-order valence-corrected chi connectivity index (χ2v) is 10.1. The van der Waals surface area contributed by atoms with Crippen LogP contribution in [0.5, 0.6) is 0 Å². The predicted molar refractivity (Wildman–Crippen MR) is 110 cm³/mol. The third-order valence-corrected chi connectivity index (χ3v) is 8.96. The molecule has 2 N–H and O–H groups in total. The van der Waals surface area contributed by atoms with Gasteiger partial charge in [-0.15, -0.1) is 0 Å². The van der Waals surface area contributed by atoms with Crippen LogP contribution in [0, 0.1) is 28.6 Å². The molecule has 1 aromatic rings. The average Bonchev–Trinajstić information content (AvgIpc) is 3.27. The highest BCUT2D eigenvalue weighted by Gasteiger charge is 2.61. The molecule has 1 amide bonds. The summed E-state index contributed by atoms with van der Waals surface area (Å²) < 4.78 is 0. The molecule has 0 aromatic carbocycles. The minimum Gasteiger partial charge on any atom is -0.388 e. The highest BCUT2D eigenvalue weighted by Crippen LogP contribution is 2.64. The highest BCUT2D eigenvalue weighted by molar-refractivity contribution is 5.89. The lowest BCUT2D eigenvalue weighted by atomic mass is 9.48. The van der Waals surface area contributed by atoms with Crippen LogP contribution >= 0.6 is 0 Å². The van der Waals surface area contributed by atoms with Gasteiger partial charge in [0.25, 0.3) is 0 Å². The summed E-state index contributed by atoms with van der Waals surface area (Å²) in [5.74, 6) is 1.88. The van der Waals surface area contributed by atoms with E-state index in [2.05, 4.69) is 37.0 Å². The van der Waals surface area contributed by atoms with Gasteiger partial charge in [0.15, 0.2) is 0 Å². The Morgan fingerprint density at radius 2 is 2.07 bits per heavy atom. The number of nitrogens with zero attached hydrogens (tertiary/aromatic N) is 1. The molecule has 1 aliphatic heterocycles. The molecule has 4 heteroatoms. The van der Waals surface area contributed by atoms with E-state index in [4.69, 9.17) is 0 Å². The van der Waals surface area contributed by atoms with Crippen molar-refractivity contribution in [2.45, 2.75) is 58.1 Å². The Kier molecular flexibility index (Phi) is 3.97. The molecule has 4 aliphatic rings. The zero-order valence-corrected chi connectivity index (χ0v) is 17.2. The predicted octanol–water partition coefficient (Wildman–Crippen LogP) is 4.01. The van der Waals surface area contributed by atoms with E-state index < -0.39 is 0 Å². The number of H-pyrrole nitrogens is 1. The number of carbonyl (C=O) groups excluding carboxylic acids is 1. The topological polar surface area (TPSA) is 56.3 Å². The number of fused-ring (bicyclic) bond motifs is 5. The molecule has 3 saturated carbocycles. The first-order valence-corrected chi connectivity index (χ1v) is 10.8. The SMILES string of the molecule is CN1C(=O)C=C[C@@]2(C)C1CC[C@@H]1[C@H]2CC[C@]2(C)C(O)C(=Cc3ccc[nH]3)C[C@@H]12. The normalized spacial score (nSPS) is 46.4. The molecule has 0 saturated heterocycles. The van der Waals surface area contributed by atoms with E-state index in [1.54, 1.807) is 6.08 Å². The first kappa shape index (κ1) is 18.2. The Morgan fingerprint density at radius 3 is 2.82 bits per heavy atom. The van der Waals surface area contributed by atoms with Gasteiger partial charge >= 0.3 is 0 Å². The van der Waals surface area contributed by atoms with Crippen molar-refractivity contribution in [2.24, 2.45) is 28.6 Å². The lowest BCUT2D eigenvalue weighted by Crippen LogP contribution is -2.59. The summed E-state index contributed by atoms with van der Waals surface area (Å²) in [4.78, 5) is 17.4. The average molecular weight is 381 g/mol. The molecule has 150 valence electrons. The van der Waals surface area contributed by atoms with Crippen molar-refractivity contribution in [1.29, 1.82) is 0 Å². The van der Waals surface area contributed by atoms with Gasteiger partial charge in [0, 0.05) is 35.8 Å². The van der Waals surface area contributed by atoms with Gasteiger partial charge in [-0.05, 0) is 79.7 Å². The van der Waals surface area contributed by atoms with E-state index in [0.717, 1.165) is 31.4 Å². The van der Waals surface area contributed by atoms with Crippen LogP contribution in [-0.4, -0.2) is 40.1 Å². The molecule has 5 rings (SSSR count). The summed E-state index contributed by atoms with van der Waals surface area (Å²) in [6.45, 7) is 4.69. The number of aromatic nitrogens is 1. The molecule has 0 spiro atoms. The molecular weight excluding hydrogens is 348 g/mol. The fraction of sp³-hybridized carbons (Fsp3) is 0.625. The Balaban J connectivity index is 1.49. The first-order valence-electron chi connectivity index (χ1n) is 10.8. The zero-order valence-electron chi connectivity index (χ0n) is 17.2. The van der Waals surface area contributed by atoms with Crippen LogP contribution in [0.4, 0.5) is 0 Å². The first-order chi connectivity index (χ1) is 13.3. The minimum atomic E-state index is -0.349. The Hall–Kier alpha value is -1.81. The summed E-state index contributed by atoms with van der Waals surface area (Å²) in [6, 6.07) is 4.39. The minimum absolute atomic E-state index is 0.0249. The summed E-state index contributed by atoms with van der Waals surface area (Å²) in [6.07, 6.45) is 13.2. The van der Waals surface area contributed by atoms with E-state index in [1.807, 2.05) is 24.2 Å². The van der Waals surface area contributed by atoms with Gasteiger partial charge in [-0.3, -0.25) is 4.79 Å². The molecule has 28 heavy (non-hydrogen) atoms. The third-order valence-electron chi connectivity index (χ3n) is 8.96. The van der Waals surface area contributed by atoms with Crippen LogP contribution in [0.15, 0.2) is 36.1 Å². The number of aliphatic hydroxyl groups is 1. The third kappa shape index (κ3) is 2.36. The van der Waals surface area contributed by atoms with Crippen LogP contribution in [0.2, 0.25) is 0 Å². The van der Waals surface area contributed by atoms with Crippen LogP contribution < -0.4 is 0 Å². The maximum atomic E-state index is 12.2. The Morgan fingerprint density at radius 1 is 1.25 bits per heavy atom. The van der Waals surface area contributed by atoms with Crippen molar-refractivity contribution >= 4 is 12.0 Å². The van der Waals surface area contributed by atoms with Gasteiger partial charge in [0.1, 0.15) is 0 Å². The van der Waals surface area contributed by atoms with E-state index in [1.165, 1.54) is 12.0 Å². The van der Waals surface area contributed by atoms with E-state index in [9.17, 15) is 9.90 Å². The Bertz CT molecular complexity index is 841. The number of nitrogens with one attached hydrogen (secondary N) is 1. The van der Waals surface area contributed by atoms with Crippen molar-refractivity contribution in [3.8, 4) is 0 Å². The van der Waals surface area contributed by atoms with E-state index >= 15 is 0 Å². The number of hydrogen-bond acceptors (Lipinski definition) is 2. The van der Waals surface area contributed by atoms with Crippen molar-refractivity contribution in [3.63, 3.8) is 0 Å². The standard InChI is InChI=1S/C24H32N2O2/c1-23-11-9-21(27)26(3)20(23)7-6-17-18(23)8-10-24(2)19(17)14-15(22(24)28)13-16-5-4-12-25-16/h4-5,9,11-13,17-20,22,25,28H,6-8,10,14H2,1-3H3/t17-,18-,19+,20?,22?,23-,24+/m1/s1. The highest BCUT2D eigenvalue weighted by atomic mass is 16.3. The van der Waals surface area contributed by atoms with Crippen molar-refractivity contribution in [2.75, 3.05) is 7.05 Å². The van der Waals surface area contributed by atoms with Crippen molar-refractivity contribution < 1.29 is 9.90 Å². The van der Waals surface area contributed by atoms with Crippen molar-refractivity contribution in [1.82, 2.24) is 9.88 Å². The number of hydrogen-bond donors (Lipinski definition) is 2. The molecular formula is C24H32N2O2. The van der Waals surface area contributed by atoms with Crippen LogP contribution in [0.1, 0.15) is 51.6 Å². The van der Waals surface area contributed by atoms with E-state index in [0.29, 0.717) is 23.8 Å². The van der Waals surface area contributed by atoms with Gasteiger partial charge in [-0.2, -0.15) is 0 Å². The van der Waals surface area contributed by atoms with Crippen LogP contribution in [0.25, 0.3) is 6.08 Å². The number of carbonyl (C=O) groups is 1. The van der Waals surface area contributed by atoms with Gasteiger partial charge in [0.2, 0.25) is 5.91 Å². The second kappa shape index (κ2) is 6.09. The lowest BCUT2D eigenvalue weighted by molar-refractivity contribution is -0.140. The van der Waals surface area contributed by atoms with Crippen LogP contribution in [-0.2, 0) is 4.79 Å². The molecule has 0 bridgehead atoms. The summed E-state index contributed by atoms with van der Waals surface area (Å²) in [5, 5.41) is 11.3. The number of likely N-dealkylation sites (N-methyl/N-ethyl adjacent to an activating group) is 1. The number of aromatic amines is 1. The molecule has 3 aliphatic carbocycles. The molecule has 2 heterocycles. The van der Waals surface area contributed by atoms with E-state index in [-0.39, 0.29) is 22.8 Å². The fourth-order valence-corrected chi connectivity index (χ4v) is 7.37. The fourth-order valence-electron chi connectivity index (χ4n) is 7.37. The molecule has 7 atom stereocenters. The molecule has 1 aromatic heterocycles. The zero-order chi connectivity index (χ0) is 19.7. The Labute approximate surface area is 167 Å². The van der Waals surface area contributed by atoms with Crippen molar-refractivity contribution in [3.05, 3.63) is 41.7 Å². The van der Waals surface area contributed by atoms with Crippen LogP contribution in [0.3, 0.4) is 0 Å². The number of rotatable bonds is 1. The summed E-state index contributed by atoms with van der Waals surface area (Å²) in [5.41, 5.74) is 2.31. The molecule has 3 fully saturated rings.